The molecule has 4 N–H and O–H groups in total. The Bertz CT molecular complexity index is 5440. The van der Waals surface area contributed by atoms with Gasteiger partial charge in [0, 0.05) is 229 Å². The number of hydrogen-bond donors (Lipinski definition) is 4. The first-order chi connectivity index (χ1) is 57.5. The quantitative estimate of drug-likeness (QED) is 0.0531. The minimum Gasteiger partial charge on any atom is -0.396 e. The molecular formula is C97H117F7N8O8. The minimum absolute atomic E-state index is 0.00339. The number of aryl methyl sites for hydroxylation is 4. The zero-order chi connectivity index (χ0) is 84.6. The summed E-state index contributed by atoms with van der Waals surface area (Å²) >= 11 is 0. The second kappa shape index (κ2) is 33.0. The molecule has 12 aliphatic rings. The molecule has 1 fully saturated rings. The lowest BCUT2D eigenvalue weighted by molar-refractivity contribution is -0.198. The maximum atomic E-state index is 13.8. The lowest BCUT2D eigenvalue weighted by atomic mass is 9.61. The van der Waals surface area contributed by atoms with Gasteiger partial charge in [-0.05, 0) is 217 Å². The minimum atomic E-state index is -5.09. The van der Waals surface area contributed by atoms with Crippen LogP contribution >= 0.6 is 0 Å². The van der Waals surface area contributed by atoms with Gasteiger partial charge < -0.3 is 43.6 Å². The number of rotatable bonds is 20. The Balaban J connectivity index is 0.000000114. The van der Waals surface area contributed by atoms with Gasteiger partial charge in [0.25, 0.3) is 5.92 Å². The number of hydrogen-bond acceptors (Lipinski definition) is 12. The Hall–Kier alpha value is -7.87. The highest BCUT2D eigenvalue weighted by Gasteiger charge is 2.52. The lowest BCUT2D eigenvalue weighted by Crippen LogP contribution is -2.58. The van der Waals surface area contributed by atoms with Crippen LogP contribution in [0, 0.1) is 47.3 Å². The Labute approximate surface area is 698 Å². The third-order valence-corrected chi connectivity index (χ3v) is 30.5. The molecule has 8 aliphatic heterocycles. The number of aliphatic hydroxyl groups is 4. The van der Waals surface area contributed by atoms with Crippen LogP contribution in [0.15, 0.2) is 91.0 Å². The second-order valence-corrected chi connectivity index (χ2v) is 37.6. The van der Waals surface area contributed by atoms with E-state index in [0.717, 1.165) is 121 Å². The third kappa shape index (κ3) is 14.7. The van der Waals surface area contributed by atoms with E-state index >= 15 is 0 Å². The zero-order valence-corrected chi connectivity index (χ0v) is 70.6. The summed E-state index contributed by atoms with van der Waals surface area (Å²) in [5.41, 5.74) is 25.4. The number of nitrogens with zero attached hydrogens (tertiary/aromatic N) is 8. The predicted molar refractivity (Wildman–Crippen MR) is 455 cm³/mol. The third-order valence-electron chi connectivity index (χ3n) is 30.5. The van der Waals surface area contributed by atoms with Crippen molar-refractivity contribution in [2.45, 2.75) is 223 Å². The first-order valence-corrected chi connectivity index (χ1v) is 44.2. The van der Waals surface area contributed by atoms with Crippen LogP contribution in [-0.4, -0.2) is 211 Å². The summed E-state index contributed by atoms with van der Waals surface area (Å²) in [7, 11) is 8.27. The SMILES string of the molecule is CC(F)C(CO)CC(=O)C1C=C2c3cccc4c3c(c3n4CCC3)CC2N(C)C1.CCC(CO)CC(=O)C1CN(C)C2Cc3c4n(c5cccc(c35)C2(C)C1)CCC4.CN1CC(C(=O)CC(CO)C(C)(F)F)C=C2c3cccc4c3c(c3n4CCC3)CC21.CN1CC(C(=O)CC(CO)C(F)C(F)(F)F)C=C2c3cccc4c3c(c3n4CCC3)CC21. The number of likely N-dealkylation sites (N-methyl/N-ethyl adjacent to an activating group) is 4. The van der Waals surface area contributed by atoms with Crippen LogP contribution in [-0.2, 0) is 102 Å². The van der Waals surface area contributed by atoms with Crippen molar-refractivity contribution in [1.82, 2.24) is 37.9 Å². The summed E-state index contributed by atoms with van der Waals surface area (Å²) < 4.78 is 103. The van der Waals surface area contributed by atoms with Crippen molar-refractivity contribution in [3.05, 3.63) is 158 Å². The van der Waals surface area contributed by atoms with E-state index in [0.29, 0.717) is 43.9 Å². The molecular weight excluding hydrogens is 1540 g/mol. The van der Waals surface area contributed by atoms with Gasteiger partial charge in [0.15, 0.2) is 0 Å². The molecule has 4 aliphatic carbocycles. The van der Waals surface area contributed by atoms with Crippen molar-refractivity contribution < 1.29 is 70.3 Å². The summed E-state index contributed by atoms with van der Waals surface area (Å²) in [6.45, 7) is 11.5. The van der Waals surface area contributed by atoms with Gasteiger partial charge in [-0.2, -0.15) is 13.2 Å². The Morgan fingerprint density at radius 3 is 1.23 bits per heavy atom. The number of benzene rings is 4. The summed E-state index contributed by atoms with van der Waals surface area (Å²) in [5, 5.41) is 43.0. The van der Waals surface area contributed by atoms with Crippen LogP contribution in [0.3, 0.4) is 0 Å². The molecule has 0 saturated carbocycles. The molecule has 0 amide bonds. The molecule has 8 aromatic rings. The highest BCUT2D eigenvalue weighted by atomic mass is 19.4. The van der Waals surface area contributed by atoms with Crippen molar-refractivity contribution in [3.8, 4) is 0 Å². The van der Waals surface area contributed by atoms with Gasteiger partial charge in [0.1, 0.15) is 29.3 Å². The van der Waals surface area contributed by atoms with Gasteiger partial charge >= 0.3 is 6.18 Å². The smallest absolute Gasteiger partial charge is 0.396 e. The number of fused-ring (bicyclic) bond motifs is 20. The van der Waals surface area contributed by atoms with Gasteiger partial charge in [-0.1, -0.05) is 87.0 Å². The maximum Gasteiger partial charge on any atom is 0.420 e. The Morgan fingerprint density at radius 1 is 0.475 bits per heavy atom. The molecule has 0 bridgehead atoms. The van der Waals surface area contributed by atoms with Crippen molar-refractivity contribution in [3.63, 3.8) is 0 Å². The van der Waals surface area contributed by atoms with Crippen LogP contribution in [0.2, 0.25) is 0 Å². The number of halogens is 7. The average molecular weight is 1660 g/mol. The van der Waals surface area contributed by atoms with E-state index < -0.39 is 79.4 Å². The number of aliphatic hydroxyl groups excluding tert-OH is 4. The normalized spacial score (nSPS) is 26.0. The number of carbonyl (C=O) groups is 4. The molecule has 16 nitrogen and oxygen atoms in total. The molecule has 4 aromatic heterocycles. The fourth-order valence-electron chi connectivity index (χ4n) is 24.0. The van der Waals surface area contributed by atoms with Crippen molar-refractivity contribution in [1.29, 1.82) is 0 Å². The lowest BCUT2D eigenvalue weighted by Gasteiger charge is -2.52. The van der Waals surface area contributed by atoms with Crippen molar-refractivity contribution in [2.75, 3.05) is 80.8 Å². The number of alkyl halides is 7. The molecule has 1 saturated heterocycles. The molecule has 15 atom stereocenters. The van der Waals surface area contributed by atoms with Gasteiger partial charge in [-0.25, -0.2) is 17.6 Å². The van der Waals surface area contributed by atoms with E-state index in [4.69, 9.17) is 0 Å². The molecule has 120 heavy (non-hydrogen) atoms. The van der Waals surface area contributed by atoms with Crippen molar-refractivity contribution >= 4 is 83.5 Å². The highest BCUT2D eigenvalue weighted by molar-refractivity contribution is 6.04. The van der Waals surface area contributed by atoms with Gasteiger partial charge in [0.05, 0.1) is 12.5 Å². The largest absolute Gasteiger partial charge is 0.420 e. The fourth-order valence-corrected chi connectivity index (χ4v) is 24.0. The number of carbonyl (C=O) groups excluding carboxylic acids is 4. The van der Waals surface area contributed by atoms with Crippen LogP contribution < -0.4 is 0 Å². The molecule has 0 spiro atoms. The number of aromatic nitrogens is 4. The van der Waals surface area contributed by atoms with Crippen molar-refractivity contribution in [2.24, 2.45) is 47.3 Å². The molecule has 0 radical (unpaired) electrons. The van der Waals surface area contributed by atoms with Crippen LogP contribution in [0.5, 0.6) is 0 Å². The topological polar surface area (TPSA) is 182 Å². The van der Waals surface area contributed by atoms with E-state index in [1.807, 2.05) is 32.3 Å². The zero-order valence-electron chi connectivity index (χ0n) is 70.6. The molecule has 20 rings (SSSR count). The standard InChI is InChI=1S/C25H34N2O2.C24H26F4N2O2.C24H28F2N2O2.C24H29FN2O2/c1-4-16(15-28)11-22(29)17-13-25(2)19-7-5-8-21-24(19)18(12-23(25)26(3)14-17)20-9-6-10-27(20)21;1-29-11-13(21(32)9-14(12-31)23(25)24(26,27)28)8-16-15-4-2-5-19-22(15)17(10-20(16)29)18-6-3-7-30(18)19;1-24(25,26)15(13-29)10-22(30)14-9-17-16-5-3-6-20-23(16)18(11-21(17)27(2)12-14)19-7-4-8-28(19)20;1-14(25)16(13-28)10-23(29)15-9-18-17-5-3-6-21-24(17)19(11-22(18)26(2)12-15)20-7-4-8-27(20)21/h5,7-8,16-17,23,28H,4,6,9-15H2,1-3H3;2,4-5,8,13-14,20,23,31H,3,6-7,9-12H2,1H3;3,5-6,9,14-15,21,29H,4,7-8,10-13H2,1-2H3;3,5-6,9,14-16,22,28H,4,7-8,10-13H2,1-2H3. The first kappa shape index (κ1) is 84.3. The molecule has 15 unspecified atom stereocenters. The van der Waals surface area contributed by atoms with E-state index in [1.165, 1.54) is 132 Å². The average Bonchev–Trinajstić information content (AvgIpc) is 1.55. The summed E-state index contributed by atoms with van der Waals surface area (Å²) in [6.07, 6.45) is 11.3. The Morgan fingerprint density at radius 2 is 0.858 bits per heavy atom. The molecule has 12 heterocycles. The monoisotopic (exact) mass is 1650 g/mol. The van der Waals surface area contributed by atoms with Crippen LogP contribution in [0.1, 0.15) is 159 Å². The van der Waals surface area contributed by atoms with Gasteiger partial charge in [-0.15, -0.1) is 0 Å². The van der Waals surface area contributed by atoms with E-state index in [-0.39, 0.29) is 72.9 Å². The van der Waals surface area contributed by atoms with E-state index in [1.54, 1.807) is 11.3 Å². The summed E-state index contributed by atoms with van der Waals surface area (Å²) in [6, 6.07) is 27.1. The van der Waals surface area contributed by atoms with E-state index in [9.17, 15) is 70.3 Å². The number of ketones is 4. The molecule has 4 aromatic carbocycles. The summed E-state index contributed by atoms with van der Waals surface area (Å²) in [5.74, 6) is -8.24. The predicted octanol–water partition coefficient (Wildman–Crippen LogP) is 14.7. The van der Waals surface area contributed by atoms with Gasteiger partial charge in [-0.3, -0.25) is 33.9 Å². The second-order valence-electron chi connectivity index (χ2n) is 37.6. The van der Waals surface area contributed by atoms with Crippen LogP contribution in [0.4, 0.5) is 30.7 Å². The molecule has 642 valence electrons. The van der Waals surface area contributed by atoms with E-state index in [2.05, 4.69) is 139 Å². The fraction of sp³-hybridized carbons (Fsp3) is 0.567. The van der Waals surface area contributed by atoms with Gasteiger partial charge in [0.2, 0.25) is 6.17 Å². The summed E-state index contributed by atoms with van der Waals surface area (Å²) in [4.78, 5) is 61.0. The molecule has 23 heteroatoms. The first-order valence-electron chi connectivity index (χ1n) is 44.2. The Kier molecular flexibility index (Phi) is 23.2. The number of piperidine rings is 1. The highest BCUT2D eigenvalue weighted by Crippen LogP contribution is 2.54. The number of likely N-dealkylation sites (tertiary alicyclic amines) is 1. The van der Waals surface area contributed by atoms with Crippen LogP contribution in [0.25, 0.3) is 60.3 Å². The number of Topliss-reactive ketones (excluding diaryl/α,β-unsaturated/α-hetero) is 4. The maximum absolute atomic E-state index is 13.8.